The number of rotatable bonds is 6. The third kappa shape index (κ3) is 4.72. The fourth-order valence-corrected chi connectivity index (χ4v) is 2.29. The molecule has 2 rings (SSSR count). The first kappa shape index (κ1) is 15.3. The summed E-state index contributed by atoms with van der Waals surface area (Å²) >= 11 is 0. The molecule has 0 aliphatic carbocycles. The monoisotopic (exact) mass is 281 g/mol. The Hall–Kier alpha value is -2.13. The summed E-state index contributed by atoms with van der Waals surface area (Å²) < 4.78 is 0. The Kier molecular flexibility index (Phi) is 5.52. The summed E-state index contributed by atoms with van der Waals surface area (Å²) in [5, 5.41) is 0. The molecule has 0 amide bonds. The molecule has 0 fully saturated rings. The molecule has 2 aromatic carbocycles. The average molecular weight is 281 g/mol. The highest BCUT2D eigenvalue weighted by molar-refractivity contribution is 5.89. The van der Waals surface area contributed by atoms with Crippen molar-refractivity contribution in [2.45, 2.75) is 12.3 Å². The van der Waals surface area contributed by atoms with Crippen LogP contribution in [0.1, 0.15) is 17.9 Å². The molecule has 2 N–H and O–H groups in total. The highest BCUT2D eigenvalue weighted by atomic mass is 15.0. The summed E-state index contributed by atoms with van der Waals surface area (Å²) in [5.41, 5.74) is 8.42. The van der Waals surface area contributed by atoms with E-state index in [0.717, 1.165) is 18.7 Å². The van der Waals surface area contributed by atoms with Gasteiger partial charge in [-0.3, -0.25) is 0 Å². The van der Waals surface area contributed by atoms with Crippen LogP contribution < -0.4 is 5.73 Å². The minimum atomic E-state index is 0.147. The van der Waals surface area contributed by atoms with Crippen LogP contribution in [0, 0.1) is 0 Å². The number of hydrogen-bond acceptors (Lipinski definition) is 2. The van der Waals surface area contributed by atoms with Crippen molar-refractivity contribution in [3.63, 3.8) is 0 Å². The topological polar surface area (TPSA) is 41.6 Å². The Morgan fingerprint density at radius 2 is 1.57 bits per heavy atom. The van der Waals surface area contributed by atoms with Crippen molar-refractivity contribution in [3.05, 3.63) is 66.2 Å². The minimum absolute atomic E-state index is 0.147. The van der Waals surface area contributed by atoms with Gasteiger partial charge in [0.25, 0.3) is 0 Å². The van der Waals surface area contributed by atoms with Gasteiger partial charge in [0, 0.05) is 5.92 Å². The van der Waals surface area contributed by atoms with Gasteiger partial charge in [0.05, 0.1) is 5.69 Å². The van der Waals surface area contributed by atoms with Crippen LogP contribution in [0.4, 0.5) is 5.69 Å². The van der Waals surface area contributed by atoms with Gasteiger partial charge >= 0.3 is 0 Å². The SMILES string of the molecule is CN(C)CCC(C(N)=Nc1ccccc1)c1ccccc1. The first-order valence-electron chi connectivity index (χ1n) is 7.25. The Balaban J connectivity index is 2.24. The number of para-hydroxylation sites is 1. The first-order chi connectivity index (χ1) is 10.2. The lowest BCUT2D eigenvalue weighted by Crippen LogP contribution is -2.25. The molecule has 0 spiro atoms. The fourth-order valence-electron chi connectivity index (χ4n) is 2.29. The number of nitrogens with zero attached hydrogens (tertiary/aromatic N) is 2. The van der Waals surface area contributed by atoms with Crippen LogP contribution in [0.15, 0.2) is 65.7 Å². The molecule has 110 valence electrons. The van der Waals surface area contributed by atoms with Crippen LogP contribution >= 0.6 is 0 Å². The molecule has 0 aromatic heterocycles. The van der Waals surface area contributed by atoms with E-state index in [1.807, 2.05) is 48.5 Å². The normalized spacial score (nSPS) is 13.4. The van der Waals surface area contributed by atoms with Crippen LogP contribution in [0.25, 0.3) is 0 Å². The molecule has 3 nitrogen and oxygen atoms in total. The molecule has 0 aliphatic rings. The lowest BCUT2D eigenvalue weighted by Gasteiger charge is -2.19. The number of nitrogens with two attached hydrogens (primary N) is 1. The standard InChI is InChI=1S/C18H23N3/c1-21(2)14-13-17(15-9-5-3-6-10-15)18(19)20-16-11-7-4-8-12-16/h3-12,17H,13-14H2,1-2H3,(H2,19,20). The number of benzene rings is 2. The maximum atomic E-state index is 6.30. The van der Waals surface area contributed by atoms with Crippen LogP contribution in [-0.4, -0.2) is 31.4 Å². The largest absolute Gasteiger partial charge is 0.387 e. The molecule has 0 saturated carbocycles. The van der Waals surface area contributed by atoms with E-state index in [-0.39, 0.29) is 5.92 Å². The summed E-state index contributed by atoms with van der Waals surface area (Å²) in [6.45, 7) is 0.977. The summed E-state index contributed by atoms with van der Waals surface area (Å²) in [5.74, 6) is 0.822. The minimum Gasteiger partial charge on any atom is -0.387 e. The van der Waals surface area contributed by atoms with Crippen molar-refractivity contribution < 1.29 is 0 Å². The quantitative estimate of drug-likeness (QED) is 0.651. The van der Waals surface area contributed by atoms with Crippen LogP contribution in [-0.2, 0) is 0 Å². The fraction of sp³-hybridized carbons (Fsp3) is 0.278. The van der Waals surface area contributed by atoms with Gasteiger partial charge in [-0.05, 0) is 44.8 Å². The zero-order valence-corrected chi connectivity index (χ0v) is 12.7. The zero-order chi connectivity index (χ0) is 15.1. The van der Waals surface area contributed by atoms with Crippen molar-refractivity contribution in [1.82, 2.24) is 4.90 Å². The van der Waals surface area contributed by atoms with E-state index in [9.17, 15) is 0 Å². The van der Waals surface area contributed by atoms with Crippen molar-refractivity contribution in [2.24, 2.45) is 10.7 Å². The molecule has 3 heteroatoms. The second kappa shape index (κ2) is 7.60. The van der Waals surface area contributed by atoms with Crippen LogP contribution in [0.2, 0.25) is 0 Å². The third-order valence-corrected chi connectivity index (χ3v) is 3.44. The number of hydrogen-bond donors (Lipinski definition) is 1. The van der Waals surface area contributed by atoms with E-state index in [0.29, 0.717) is 5.84 Å². The van der Waals surface area contributed by atoms with Crippen molar-refractivity contribution >= 4 is 11.5 Å². The van der Waals surface area contributed by atoms with E-state index >= 15 is 0 Å². The predicted octanol–water partition coefficient (Wildman–Crippen LogP) is 3.41. The average Bonchev–Trinajstić information content (AvgIpc) is 2.49. The Morgan fingerprint density at radius 3 is 2.14 bits per heavy atom. The molecule has 0 aliphatic heterocycles. The van der Waals surface area contributed by atoms with Gasteiger partial charge in [-0.2, -0.15) is 0 Å². The molecular formula is C18H23N3. The number of aliphatic imine (C=N–C) groups is 1. The second-order valence-corrected chi connectivity index (χ2v) is 5.43. The molecule has 2 aromatic rings. The summed E-state index contributed by atoms with van der Waals surface area (Å²) in [7, 11) is 4.15. The zero-order valence-electron chi connectivity index (χ0n) is 12.7. The van der Waals surface area contributed by atoms with Gasteiger partial charge in [0.1, 0.15) is 5.84 Å². The summed E-state index contributed by atoms with van der Waals surface area (Å²) in [6.07, 6.45) is 0.958. The van der Waals surface area contributed by atoms with E-state index in [4.69, 9.17) is 5.73 Å². The van der Waals surface area contributed by atoms with Crippen molar-refractivity contribution in [3.8, 4) is 0 Å². The van der Waals surface area contributed by atoms with E-state index < -0.39 is 0 Å². The van der Waals surface area contributed by atoms with Gasteiger partial charge in [-0.15, -0.1) is 0 Å². The third-order valence-electron chi connectivity index (χ3n) is 3.44. The van der Waals surface area contributed by atoms with Crippen LogP contribution in [0.3, 0.4) is 0 Å². The molecule has 1 unspecified atom stereocenters. The Labute approximate surface area is 127 Å². The molecule has 1 atom stereocenters. The Bertz CT molecular complexity index is 562. The second-order valence-electron chi connectivity index (χ2n) is 5.43. The lowest BCUT2D eigenvalue weighted by molar-refractivity contribution is 0.395. The highest BCUT2D eigenvalue weighted by Crippen LogP contribution is 2.22. The molecule has 0 saturated heterocycles. The number of amidine groups is 1. The molecular weight excluding hydrogens is 258 g/mol. The summed E-state index contributed by atoms with van der Waals surface area (Å²) in [6, 6.07) is 20.2. The molecule has 0 radical (unpaired) electrons. The van der Waals surface area contributed by atoms with E-state index in [2.05, 4.69) is 36.1 Å². The van der Waals surface area contributed by atoms with E-state index in [1.54, 1.807) is 0 Å². The molecule has 21 heavy (non-hydrogen) atoms. The van der Waals surface area contributed by atoms with Gasteiger partial charge in [0.15, 0.2) is 0 Å². The van der Waals surface area contributed by atoms with Crippen LogP contribution in [0.5, 0.6) is 0 Å². The highest BCUT2D eigenvalue weighted by Gasteiger charge is 2.16. The summed E-state index contributed by atoms with van der Waals surface area (Å²) in [4.78, 5) is 6.76. The van der Waals surface area contributed by atoms with Gasteiger partial charge < -0.3 is 10.6 Å². The van der Waals surface area contributed by atoms with Crippen molar-refractivity contribution in [1.29, 1.82) is 0 Å². The Morgan fingerprint density at radius 1 is 1.00 bits per heavy atom. The van der Waals surface area contributed by atoms with Gasteiger partial charge in [-0.1, -0.05) is 48.5 Å². The van der Waals surface area contributed by atoms with Crippen molar-refractivity contribution in [2.75, 3.05) is 20.6 Å². The maximum absolute atomic E-state index is 6.30. The predicted molar refractivity (Wildman–Crippen MR) is 90.1 cm³/mol. The van der Waals surface area contributed by atoms with Gasteiger partial charge in [-0.25, -0.2) is 4.99 Å². The molecule has 0 bridgehead atoms. The van der Waals surface area contributed by atoms with Gasteiger partial charge in [0.2, 0.25) is 0 Å². The maximum Gasteiger partial charge on any atom is 0.107 e. The smallest absolute Gasteiger partial charge is 0.107 e. The molecule has 0 heterocycles. The first-order valence-corrected chi connectivity index (χ1v) is 7.25. The lowest BCUT2D eigenvalue weighted by atomic mass is 9.94. The van der Waals surface area contributed by atoms with E-state index in [1.165, 1.54) is 5.56 Å².